The van der Waals surface area contributed by atoms with Gasteiger partial charge in [-0.15, -0.1) is 24.8 Å². The standard InChI is InChI=1S/C19H28N4O.2ClH/c1-3-19(4-2,15-20)18(24)22-14-17-21-11-13-23(17)12-10-16-8-6-5-7-9-16;;/h5-9,11,13H,3-4,10,12,14-15,20H2,1-2H3,(H,22,24);2*1H. The minimum Gasteiger partial charge on any atom is -0.348 e. The normalized spacial score (nSPS) is 10.6. The predicted molar refractivity (Wildman–Crippen MR) is 111 cm³/mol. The number of nitrogens with one attached hydrogen (secondary N) is 1. The van der Waals surface area contributed by atoms with Crippen molar-refractivity contribution in [3.63, 3.8) is 0 Å². The fourth-order valence-corrected chi connectivity index (χ4v) is 2.90. The van der Waals surface area contributed by atoms with Crippen molar-refractivity contribution in [2.45, 2.75) is 46.2 Å². The molecule has 5 nitrogen and oxygen atoms in total. The Morgan fingerprint density at radius 3 is 2.42 bits per heavy atom. The molecule has 0 saturated carbocycles. The summed E-state index contributed by atoms with van der Waals surface area (Å²) >= 11 is 0. The van der Waals surface area contributed by atoms with Crippen LogP contribution in [-0.2, 0) is 24.3 Å². The van der Waals surface area contributed by atoms with Gasteiger partial charge in [0, 0.05) is 25.5 Å². The summed E-state index contributed by atoms with van der Waals surface area (Å²) in [4.78, 5) is 16.9. The maximum Gasteiger partial charge on any atom is 0.227 e. The number of imidazole rings is 1. The van der Waals surface area contributed by atoms with Crippen LogP contribution < -0.4 is 11.1 Å². The Morgan fingerprint density at radius 1 is 1.19 bits per heavy atom. The van der Waals surface area contributed by atoms with Crippen molar-refractivity contribution >= 4 is 30.7 Å². The van der Waals surface area contributed by atoms with Gasteiger partial charge in [-0.05, 0) is 24.8 Å². The number of aryl methyl sites for hydroxylation is 2. The molecule has 146 valence electrons. The number of nitrogens with zero attached hydrogens (tertiary/aromatic N) is 2. The number of nitrogens with two attached hydrogens (primary N) is 1. The number of aromatic nitrogens is 2. The maximum atomic E-state index is 12.5. The molecule has 3 N–H and O–H groups in total. The Kier molecular flexibility index (Phi) is 11.2. The van der Waals surface area contributed by atoms with E-state index in [1.165, 1.54) is 5.56 Å². The number of hydrogen-bond donors (Lipinski definition) is 2. The Bertz CT molecular complexity index is 634. The van der Waals surface area contributed by atoms with Crippen molar-refractivity contribution in [2.75, 3.05) is 6.54 Å². The molecule has 1 aromatic heterocycles. The third kappa shape index (κ3) is 6.01. The molecular weight excluding hydrogens is 371 g/mol. The number of halogens is 2. The molecule has 0 radical (unpaired) electrons. The monoisotopic (exact) mass is 400 g/mol. The summed E-state index contributed by atoms with van der Waals surface area (Å²) in [5.74, 6) is 0.894. The van der Waals surface area contributed by atoms with Crippen LogP contribution in [0.15, 0.2) is 42.7 Å². The molecule has 7 heteroatoms. The van der Waals surface area contributed by atoms with E-state index in [4.69, 9.17) is 5.73 Å². The van der Waals surface area contributed by atoms with Gasteiger partial charge in [0.1, 0.15) is 5.82 Å². The van der Waals surface area contributed by atoms with Gasteiger partial charge < -0.3 is 15.6 Å². The van der Waals surface area contributed by atoms with E-state index in [2.05, 4.69) is 27.0 Å². The highest BCUT2D eigenvalue weighted by molar-refractivity contribution is 5.85. The Hall–Kier alpha value is -1.56. The van der Waals surface area contributed by atoms with Gasteiger partial charge in [-0.3, -0.25) is 4.79 Å². The fourth-order valence-electron chi connectivity index (χ4n) is 2.90. The zero-order chi connectivity index (χ0) is 17.4. The summed E-state index contributed by atoms with van der Waals surface area (Å²) in [5, 5.41) is 3.02. The Morgan fingerprint density at radius 2 is 1.85 bits per heavy atom. The van der Waals surface area contributed by atoms with Gasteiger partial charge in [0.05, 0.1) is 12.0 Å². The summed E-state index contributed by atoms with van der Waals surface area (Å²) in [7, 11) is 0. The smallest absolute Gasteiger partial charge is 0.227 e. The molecule has 0 unspecified atom stereocenters. The summed E-state index contributed by atoms with van der Waals surface area (Å²) in [6.45, 7) is 5.67. The summed E-state index contributed by atoms with van der Waals surface area (Å²) in [5.41, 5.74) is 6.66. The third-order valence-electron chi connectivity index (χ3n) is 4.92. The summed E-state index contributed by atoms with van der Waals surface area (Å²) < 4.78 is 2.09. The van der Waals surface area contributed by atoms with Crippen LogP contribution in [0.25, 0.3) is 0 Å². The van der Waals surface area contributed by atoms with Crippen molar-refractivity contribution < 1.29 is 4.79 Å². The minimum atomic E-state index is -0.471. The van der Waals surface area contributed by atoms with Crippen LogP contribution >= 0.6 is 24.8 Å². The number of hydrogen-bond acceptors (Lipinski definition) is 3. The first-order chi connectivity index (χ1) is 11.6. The van der Waals surface area contributed by atoms with Gasteiger partial charge in [0.25, 0.3) is 0 Å². The van der Waals surface area contributed by atoms with Crippen LogP contribution in [0, 0.1) is 5.41 Å². The molecule has 0 fully saturated rings. The molecule has 0 saturated heterocycles. The van der Waals surface area contributed by atoms with E-state index < -0.39 is 5.41 Å². The third-order valence-corrected chi connectivity index (χ3v) is 4.92. The first kappa shape index (κ1) is 24.4. The average Bonchev–Trinajstić information content (AvgIpc) is 3.08. The molecule has 26 heavy (non-hydrogen) atoms. The van der Waals surface area contributed by atoms with E-state index >= 15 is 0 Å². The number of carbonyl (C=O) groups excluding carboxylic acids is 1. The van der Waals surface area contributed by atoms with Crippen molar-refractivity contribution in [3.05, 3.63) is 54.1 Å². The highest BCUT2D eigenvalue weighted by Crippen LogP contribution is 2.25. The molecule has 0 atom stereocenters. The van der Waals surface area contributed by atoms with Crippen molar-refractivity contribution in [1.82, 2.24) is 14.9 Å². The van der Waals surface area contributed by atoms with Crippen LogP contribution in [-0.4, -0.2) is 22.0 Å². The van der Waals surface area contributed by atoms with E-state index in [1.54, 1.807) is 6.20 Å². The molecule has 0 bridgehead atoms. The van der Waals surface area contributed by atoms with E-state index in [1.807, 2.05) is 38.2 Å². The lowest BCUT2D eigenvalue weighted by Gasteiger charge is -2.28. The van der Waals surface area contributed by atoms with Crippen LogP contribution in [0.3, 0.4) is 0 Å². The molecule has 0 aliphatic carbocycles. The number of amides is 1. The van der Waals surface area contributed by atoms with E-state index in [0.29, 0.717) is 13.1 Å². The second-order valence-electron chi connectivity index (χ2n) is 6.15. The molecule has 1 amide bonds. The van der Waals surface area contributed by atoms with Crippen molar-refractivity contribution in [2.24, 2.45) is 11.1 Å². The number of rotatable bonds is 9. The lowest BCUT2D eigenvalue weighted by Crippen LogP contribution is -2.45. The molecular formula is C19H30Cl2N4O. The maximum absolute atomic E-state index is 12.5. The molecule has 0 aliphatic heterocycles. The molecule has 2 rings (SSSR count). The van der Waals surface area contributed by atoms with Crippen LogP contribution in [0.5, 0.6) is 0 Å². The van der Waals surface area contributed by atoms with Crippen LogP contribution in [0.1, 0.15) is 38.1 Å². The minimum absolute atomic E-state index is 0. The van der Waals surface area contributed by atoms with Crippen LogP contribution in [0.2, 0.25) is 0 Å². The predicted octanol–water partition coefficient (Wildman–Crippen LogP) is 3.35. The molecule has 0 aliphatic rings. The Balaban J connectivity index is 0.00000312. The summed E-state index contributed by atoms with van der Waals surface area (Å²) in [6, 6.07) is 10.4. The Labute approximate surface area is 168 Å². The average molecular weight is 401 g/mol. The molecule has 0 spiro atoms. The van der Waals surface area contributed by atoms with Gasteiger partial charge in [-0.2, -0.15) is 0 Å². The first-order valence-electron chi connectivity index (χ1n) is 8.67. The zero-order valence-electron chi connectivity index (χ0n) is 15.5. The van der Waals surface area contributed by atoms with E-state index in [9.17, 15) is 4.79 Å². The van der Waals surface area contributed by atoms with Gasteiger partial charge >= 0.3 is 0 Å². The van der Waals surface area contributed by atoms with Gasteiger partial charge in [-0.25, -0.2) is 4.98 Å². The molecule has 1 aromatic carbocycles. The van der Waals surface area contributed by atoms with Gasteiger partial charge in [-0.1, -0.05) is 44.2 Å². The molecule has 2 aromatic rings. The first-order valence-corrected chi connectivity index (χ1v) is 8.67. The van der Waals surface area contributed by atoms with E-state index in [-0.39, 0.29) is 30.7 Å². The summed E-state index contributed by atoms with van der Waals surface area (Å²) in [6.07, 6.45) is 6.17. The zero-order valence-corrected chi connectivity index (χ0v) is 17.1. The highest BCUT2D eigenvalue weighted by Gasteiger charge is 2.33. The molecule has 1 heterocycles. The van der Waals surface area contributed by atoms with E-state index in [0.717, 1.165) is 31.6 Å². The largest absolute Gasteiger partial charge is 0.348 e. The highest BCUT2D eigenvalue weighted by atomic mass is 35.5. The van der Waals surface area contributed by atoms with Crippen molar-refractivity contribution in [3.8, 4) is 0 Å². The van der Waals surface area contributed by atoms with Crippen LogP contribution in [0.4, 0.5) is 0 Å². The van der Waals surface area contributed by atoms with Crippen molar-refractivity contribution in [1.29, 1.82) is 0 Å². The van der Waals surface area contributed by atoms with Gasteiger partial charge in [0.15, 0.2) is 0 Å². The topological polar surface area (TPSA) is 72.9 Å². The van der Waals surface area contributed by atoms with Gasteiger partial charge in [0.2, 0.25) is 5.91 Å². The fraction of sp³-hybridized carbons (Fsp3) is 0.474. The second kappa shape index (κ2) is 11.9. The quantitative estimate of drug-likeness (QED) is 0.677. The lowest BCUT2D eigenvalue weighted by atomic mass is 9.81. The second-order valence-corrected chi connectivity index (χ2v) is 6.15. The lowest BCUT2D eigenvalue weighted by molar-refractivity contribution is -0.131. The number of benzene rings is 1. The SMILES string of the molecule is CCC(CC)(CN)C(=O)NCc1nccn1CCc1ccccc1.Cl.Cl. The number of carbonyl (C=O) groups is 1.